The van der Waals surface area contributed by atoms with Crippen LogP contribution in [0.2, 0.25) is 0 Å². The van der Waals surface area contributed by atoms with Gasteiger partial charge in [-0.2, -0.15) is 4.31 Å². The van der Waals surface area contributed by atoms with E-state index in [9.17, 15) is 22.7 Å². The second-order valence-corrected chi connectivity index (χ2v) is 11.7. The van der Waals surface area contributed by atoms with Crippen molar-refractivity contribution < 1.29 is 36.9 Å². The molecule has 0 radical (unpaired) electrons. The van der Waals surface area contributed by atoms with Crippen molar-refractivity contribution in [1.29, 1.82) is 0 Å². The molecule has 204 valence electrons. The number of fused-ring (bicyclic) bond motifs is 1. The van der Waals surface area contributed by atoms with Crippen molar-refractivity contribution in [2.24, 2.45) is 0 Å². The van der Waals surface area contributed by atoms with Crippen LogP contribution in [-0.4, -0.2) is 100 Å². The molecule has 0 saturated heterocycles. The van der Waals surface area contributed by atoms with Crippen molar-refractivity contribution >= 4 is 15.9 Å². The molecule has 1 unspecified atom stereocenters. The molecule has 3 aliphatic heterocycles. The molecular weight excluding hydrogens is 517 g/mol. The summed E-state index contributed by atoms with van der Waals surface area (Å²) in [6.07, 6.45) is -1.50. The standard InChI is InChI=1S/C26H30FN3O7S/c1-28(2)7-8-35-23-11-17(3-5-21(23)27)25(31)26(32)29-13-18-15-30(16-19(18)14-29)38(33,34)20-4-6-22-24(12-20)37-10-9-36-22/h3-6,11-12,25,31H,7-10,13-16H2,1-2H3. The molecule has 3 heterocycles. The average Bonchev–Trinajstić information content (AvgIpc) is 3.49. The molecule has 2 aromatic rings. The van der Waals surface area contributed by atoms with Crippen LogP contribution in [0.25, 0.3) is 0 Å². The number of rotatable bonds is 8. The van der Waals surface area contributed by atoms with Crippen LogP contribution in [0.3, 0.4) is 0 Å². The maximum Gasteiger partial charge on any atom is 0.256 e. The number of benzene rings is 2. The molecule has 0 aromatic heterocycles. The zero-order valence-corrected chi connectivity index (χ0v) is 22.0. The van der Waals surface area contributed by atoms with Crippen LogP contribution in [-0.2, 0) is 14.8 Å². The van der Waals surface area contributed by atoms with Gasteiger partial charge in [0.15, 0.2) is 29.2 Å². The Morgan fingerprint density at radius 2 is 1.74 bits per heavy atom. The summed E-state index contributed by atoms with van der Waals surface area (Å²) in [7, 11) is -0.0462. The number of carbonyl (C=O) groups is 1. The predicted octanol–water partition coefficient (Wildman–Crippen LogP) is 1.41. The number of hydrogen-bond donors (Lipinski definition) is 1. The van der Waals surface area contributed by atoms with Gasteiger partial charge in [-0.15, -0.1) is 0 Å². The Labute approximate surface area is 220 Å². The van der Waals surface area contributed by atoms with Gasteiger partial charge in [0.25, 0.3) is 5.91 Å². The fourth-order valence-electron chi connectivity index (χ4n) is 4.66. The van der Waals surface area contributed by atoms with E-state index in [2.05, 4.69) is 0 Å². The number of carbonyl (C=O) groups excluding carboxylic acids is 1. The first-order valence-electron chi connectivity index (χ1n) is 12.3. The quantitative estimate of drug-likeness (QED) is 0.495. The minimum Gasteiger partial charge on any atom is -0.489 e. The van der Waals surface area contributed by atoms with Gasteiger partial charge < -0.3 is 29.1 Å². The molecule has 0 spiro atoms. The first-order valence-corrected chi connectivity index (χ1v) is 13.7. The summed E-state index contributed by atoms with van der Waals surface area (Å²) in [6, 6.07) is 8.43. The highest BCUT2D eigenvalue weighted by atomic mass is 32.2. The minimum atomic E-state index is -3.78. The Balaban J connectivity index is 1.21. The predicted molar refractivity (Wildman–Crippen MR) is 135 cm³/mol. The highest BCUT2D eigenvalue weighted by Crippen LogP contribution is 2.36. The number of likely N-dealkylation sites (N-methyl/N-ethyl adjacent to an activating group) is 1. The largest absolute Gasteiger partial charge is 0.489 e. The third-order valence-corrected chi connectivity index (χ3v) is 8.55. The van der Waals surface area contributed by atoms with Crippen LogP contribution in [0.4, 0.5) is 4.39 Å². The van der Waals surface area contributed by atoms with Crippen molar-refractivity contribution in [3.63, 3.8) is 0 Å². The SMILES string of the molecule is CN(C)CCOc1cc(C(O)C(=O)N2CC3=C(C2)CN(S(=O)(=O)c2ccc4c(c2)OCCO4)C3)ccc1F. The van der Waals surface area contributed by atoms with E-state index in [0.717, 1.165) is 11.1 Å². The number of amides is 1. The van der Waals surface area contributed by atoms with E-state index in [1.54, 1.807) is 6.07 Å². The number of hydrogen-bond acceptors (Lipinski definition) is 8. The van der Waals surface area contributed by atoms with E-state index < -0.39 is 27.9 Å². The molecule has 1 atom stereocenters. The maximum absolute atomic E-state index is 14.2. The molecule has 2 aromatic carbocycles. The van der Waals surface area contributed by atoms with Gasteiger partial charge in [0.1, 0.15) is 19.8 Å². The van der Waals surface area contributed by atoms with Gasteiger partial charge in [0.2, 0.25) is 10.0 Å². The topological polar surface area (TPSA) is 109 Å². The zero-order chi connectivity index (χ0) is 27.0. The van der Waals surface area contributed by atoms with Crippen molar-refractivity contribution in [2.45, 2.75) is 11.0 Å². The Morgan fingerprint density at radius 1 is 1.05 bits per heavy atom. The molecule has 12 heteroatoms. The number of sulfonamides is 1. The third kappa shape index (κ3) is 5.21. The Kier molecular flexibility index (Phi) is 7.32. The number of aliphatic hydroxyl groups is 1. The summed E-state index contributed by atoms with van der Waals surface area (Å²) in [4.78, 5) is 16.6. The number of ether oxygens (including phenoxy) is 3. The molecule has 10 nitrogen and oxygen atoms in total. The van der Waals surface area contributed by atoms with Gasteiger partial charge in [-0.25, -0.2) is 12.8 Å². The lowest BCUT2D eigenvalue weighted by Gasteiger charge is -2.25. The van der Waals surface area contributed by atoms with E-state index in [1.165, 1.54) is 39.5 Å². The van der Waals surface area contributed by atoms with Gasteiger partial charge in [-0.05, 0) is 55.1 Å². The lowest BCUT2D eigenvalue weighted by atomic mass is 10.1. The first kappa shape index (κ1) is 26.4. The summed E-state index contributed by atoms with van der Waals surface area (Å²) in [5.74, 6) is -0.230. The Morgan fingerprint density at radius 3 is 2.42 bits per heavy atom. The lowest BCUT2D eigenvalue weighted by Crippen LogP contribution is -2.38. The van der Waals surface area contributed by atoms with E-state index in [4.69, 9.17) is 14.2 Å². The molecule has 38 heavy (non-hydrogen) atoms. The molecule has 5 rings (SSSR count). The molecule has 1 amide bonds. The van der Waals surface area contributed by atoms with Crippen molar-refractivity contribution in [1.82, 2.24) is 14.1 Å². The third-order valence-electron chi connectivity index (χ3n) is 6.76. The fourth-order valence-corrected chi connectivity index (χ4v) is 6.10. The smallest absolute Gasteiger partial charge is 0.256 e. The maximum atomic E-state index is 14.2. The van der Waals surface area contributed by atoms with Crippen LogP contribution < -0.4 is 14.2 Å². The van der Waals surface area contributed by atoms with Gasteiger partial charge in [-0.1, -0.05) is 6.07 Å². The molecular formula is C26H30FN3O7S. The second-order valence-electron chi connectivity index (χ2n) is 9.72. The van der Waals surface area contributed by atoms with Crippen LogP contribution >= 0.6 is 0 Å². The van der Waals surface area contributed by atoms with Gasteiger partial charge in [0, 0.05) is 38.8 Å². The van der Waals surface area contributed by atoms with Gasteiger partial charge >= 0.3 is 0 Å². The van der Waals surface area contributed by atoms with E-state index in [1.807, 2.05) is 19.0 Å². The number of aliphatic hydroxyl groups excluding tert-OH is 1. The lowest BCUT2D eigenvalue weighted by molar-refractivity contribution is -0.139. The molecule has 3 aliphatic rings. The summed E-state index contributed by atoms with van der Waals surface area (Å²) >= 11 is 0. The Hall–Kier alpha value is -3.19. The number of halogens is 1. The molecule has 1 N–H and O–H groups in total. The van der Waals surface area contributed by atoms with Crippen LogP contribution in [0.1, 0.15) is 11.7 Å². The zero-order valence-electron chi connectivity index (χ0n) is 21.2. The first-order chi connectivity index (χ1) is 18.1. The fraction of sp³-hybridized carbons (Fsp3) is 0.423. The molecule has 0 fully saturated rings. The Bertz CT molecular complexity index is 1360. The summed E-state index contributed by atoms with van der Waals surface area (Å²) in [6.45, 7) is 2.35. The summed E-state index contributed by atoms with van der Waals surface area (Å²) in [5, 5.41) is 10.7. The molecule has 0 aliphatic carbocycles. The van der Waals surface area contributed by atoms with Crippen LogP contribution in [0, 0.1) is 5.82 Å². The van der Waals surface area contributed by atoms with E-state index >= 15 is 0 Å². The van der Waals surface area contributed by atoms with Crippen LogP contribution in [0.15, 0.2) is 52.4 Å². The number of nitrogens with zero attached hydrogens (tertiary/aromatic N) is 3. The average molecular weight is 548 g/mol. The normalized spacial score (nSPS) is 18.2. The van der Waals surface area contributed by atoms with Crippen LogP contribution in [0.5, 0.6) is 17.2 Å². The molecule has 0 saturated carbocycles. The molecule has 0 bridgehead atoms. The highest BCUT2D eigenvalue weighted by molar-refractivity contribution is 7.89. The van der Waals surface area contributed by atoms with Crippen molar-refractivity contribution in [3.8, 4) is 17.2 Å². The van der Waals surface area contributed by atoms with E-state index in [-0.39, 0.29) is 49.0 Å². The van der Waals surface area contributed by atoms with E-state index in [0.29, 0.717) is 31.3 Å². The summed E-state index contributed by atoms with van der Waals surface area (Å²) in [5.41, 5.74) is 1.89. The minimum absolute atomic E-state index is 0.0294. The van der Waals surface area contributed by atoms with Crippen molar-refractivity contribution in [2.75, 3.05) is 66.6 Å². The van der Waals surface area contributed by atoms with Crippen molar-refractivity contribution in [3.05, 3.63) is 58.9 Å². The monoisotopic (exact) mass is 547 g/mol. The summed E-state index contributed by atoms with van der Waals surface area (Å²) < 4.78 is 58.5. The van der Waals surface area contributed by atoms with Gasteiger partial charge in [-0.3, -0.25) is 4.79 Å². The second kappa shape index (κ2) is 10.5. The highest BCUT2D eigenvalue weighted by Gasteiger charge is 2.39. The van der Waals surface area contributed by atoms with Gasteiger partial charge in [0.05, 0.1) is 4.90 Å².